The van der Waals surface area contributed by atoms with Crippen LogP contribution in [0.15, 0.2) is 0 Å². The van der Waals surface area contributed by atoms with Gasteiger partial charge in [0.05, 0.1) is 13.2 Å². The van der Waals surface area contributed by atoms with E-state index in [1.807, 2.05) is 13.8 Å². The lowest BCUT2D eigenvalue weighted by Gasteiger charge is -2.19. The van der Waals surface area contributed by atoms with Crippen LogP contribution in [0.5, 0.6) is 0 Å². The van der Waals surface area contributed by atoms with Crippen LogP contribution in [0.3, 0.4) is 0 Å². The molecule has 0 atom stereocenters. The molecule has 0 rings (SSSR count). The zero-order valence-corrected chi connectivity index (χ0v) is 6.70. The lowest BCUT2D eigenvalue weighted by molar-refractivity contribution is 0.109. The Hall–Kier alpha value is 0.335. The summed E-state index contributed by atoms with van der Waals surface area (Å²) in [5.41, 5.74) is -0.178. The predicted octanol–water partition coefficient (Wildman–Crippen LogP) is 0.218. The summed E-state index contributed by atoms with van der Waals surface area (Å²) in [6, 6.07) is 0. The Morgan fingerprint density at radius 1 is 1.89 bits per heavy atom. The van der Waals surface area contributed by atoms with Crippen molar-refractivity contribution in [2.24, 2.45) is 5.41 Å². The van der Waals surface area contributed by atoms with E-state index in [-0.39, 0.29) is 19.1 Å². The third kappa shape index (κ3) is 4.81. The normalized spacial score (nSPS) is 13.0. The summed E-state index contributed by atoms with van der Waals surface area (Å²) in [7, 11) is 0.210. The van der Waals surface area contributed by atoms with E-state index in [1.54, 1.807) is 0 Å². The standard InChI is InChI=1S/C5H13BO2S/c1-5(2,3-7)4-8-9-6/h7H,3-4,6H2,1-2H3/i6T. The Kier molecular flexibility index (Phi) is 3.47. The number of aliphatic hydroxyl groups is 1. The van der Waals surface area contributed by atoms with Crippen molar-refractivity contribution in [3.05, 3.63) is 0 Å². The van der Waals surface area contributed by atoms with Crippen LogP contribution in [0, 0.1) is 5.41 Å². The van der Waals surface area contributed by atoms with Gasteiger partial charge in [-0.15, -0.1) is 0 Å². The van der Waals surface area contributed by atoms with Crippen LogP contribution in [-0.2, 0) is 4.18 Å². The average Bonchev–Trinajstić information content (AvgIpc) is 1.89. The smallest absolute Gasteiger partial charge is 0.210 e. The van der Waals surface area contributed by atoms with Gasteiger partial charge < -0.3 is 9.29 Å². The van der Waals surface area contributed by atoms with Crippen molar-refractivity contribution < 1.29 is 9.29 Å². The fraction of sp³-hybridized carbons (Fsp3) is 1.00. The molecule has 0 fully saturated rings. The quantitative estimate of drug-likeness (QED) is 0.345. The highest BCUT2D eigenvalue weighted by Crippen LogP contribution is 2.15. The highest BCUT2D eigenvalue weighted by atomic mass is 32.2. The molecule has 0 heterocycles. The highest BCUT2D eigenvalue weighted by Gasteiger charge is 2.15. The SMILES string of the molecule is [3H]BSOCC(C)(C)CO. The molecule has 0 bridgehead atoms. The van der Waals surface area contributed by atoms with E-state index in [0.717, 1.165) is 11.9 Å². The molecule has 54 valence electrons. The maximum atomic E-state index is 8.76. The van der Waals surface area contributed by atoms with E-state index < -0.39 is 0 Å². The van der Waals surface area contributed by atoms with Crippen molar-refractivity contribution in [3.8, 4) is 0 Å². The molecule has 0 aromatic carbocycles. The minimum Gasteiger partial charge on any atom is -0.396 e. The second-order valence-corrected chi connectivity index (χ2v) is 3.17. The molecule has 0 aromatic rings. The Morgan fingerprint density at radius 3 is 3.00 bits per heavy atom. The first-order valence-corrected chi connectivity index (χ1v) is 3.68. The molecule has 0 saturated carbocycles. The average molecular weight is 150 g/mol. The van der Waals surface area contributed by atoms with Crippen LogP contribution < -0.4 is 0 Å². The summed E-state index contributed by atoms with van der Waals surface area (Å²) in [6.07, 6.45) is 0. The highest BCUT2D eigenvalue weighted by molar-refractivity contribution is 8.15. The Labute approximate surface area is 62.8 Å². The zero-order chi connectivity index (χ0) is 8.04. The van der Waals surface area contributed by atoms with Crippen LogP contribution in [-0.4, -0.2) is 26.7 Å². The molecule has 0 amide bonds. The van der Waals surface area contributed by atoms with Gasteiger partial charge in [0.25, 0.3) is 0 Å². The van der Waals surface area contributed by atoms with E-state index in [9.17, 15) is 0 Å². The van der Waals surface area contributed by atoms with Crippen LogP contribution in [0.4, 0.5) is 0 Å². The molecule has 0 aliphatic heterocycles. The molecule has 1 N–H and O–H groups in total. The van der Waals surface area contributed by atoms with Crippen LogP contribution >= 0.6 is 11.9 Å². The van der Waals surface area contributed by atoms with Gasteiger partial charge >= 0.3 is 0 Å². The maximum Gasteiger partial charge on any atom is 0.210 e. The summed E-state index contributed by atoms with van der Waals surface area (Å²) >= 11 is 1.11. The van der Waals surface area contributed by atoms with Gasteiger partial charge in [0.1, 0.15) is 0 Å². The van der Waals surface area contributed by atoms with Gasteiger partial charge in [-0.05, 0) is 1.34 Å². The zero-order valence-electron chi connectivity index (χ0n) is 6.89. The first kappa shape index (κ1) is 7.44. The van der Waals surface area contributed by atoms with Crippen molar-refractivity contribution in [2.75, 3.05) is 13.2 Å². The van der Waals surface area contributed by atoms with Crippen molar-refractivity contribution in [3.63, 3.8) is 0 Å². The largest absolute Gasteiger partial charge is 0.396 e. The summed E-state index contributed by atoms with van der Waals surface area (Å²) in [4.78, 5) is 0. The second-order valence-electron chi connectivity index (χ2n) is 2.70. The summed E-state index contributed by atoms with van der Waals surface area (Å²) in [6.45, 7) is 4.44. The lowest BCUT2D eigenvalue weighted by atomic mass is 9.97. The van der Waals surface area contributed by atoms with Gasteiger partial charge in [-0.2, -0.15) is 0 Å². The van der Waals surface area contributed by atoms with Gasteiger partial charge in [0.15, 0.2) is 0 Å². The molecule has 0 radical (unpaired) electrons. The molecule has 0 aliphatic rings. The van der Waals surface area contributed by atoms with Crippen molar-refractivity contribution >= 4 is 19.0 Å². The first-order chi connectivity index (χ1) is 4.62. The maximum absolute atomic E-state index is 8.76. The first-order valence-electron chi connectivity index (χ1n) is 3.47. The van der Waals surface area contributed by atoms with Gasteiger partial charge in [-0.3, -0.25) is 0 Å². The van der Waals surface area contributed by atoms with Crippen LogP contribution in [0.2, 0.25) is 0 Å². The van der Waals surface area contributed by atoms with E-state index in [1.165, 1.54) is 0 Å². The minimum atomic E-state index is -0.178. The molecular formula is C5H13BO2S. The Bertz CT molecular complexity index is 91.7. The van der Waals surface area contributed by atoms with E-state index in [2.05, 4.69) is 0 Å². The van der Waals surface area contributed by atoms with Crippen molar-refractivity contribution in [1.29, 1.82) is 1.34 Å². The molecule has 4 heteroatoms. The summed E-state index contributed by atoms with van der Waals surface area (Å²) < 4.78 is 11.8. The van der Waals surface area contributed by atoms with Crippen LogP contribution in [0.25, 0.3) is 0 Å². The number of hydrogen-bond donors (Lipinski definition) is 1. The van der Waals surface area contributed by atoms with Gasteiger partial charge in [-0.1, -0.05) is 25.7 Å². The van der Waals surface area contributed by atoms with Crippen molar-refractivity contribution in [2.45, 2.75) is 13.8 Å². The number of aliphatic hydroxyl groups excluding tert-OH is 1. The van der Waals surface area contributed by atoms with Gasteiger partial charge in [-0.25, -0.2) is 0 Å². The lowest BCUT2D eigenvalue weighted by Crippen LogP contribution is -2.21. The van der Waals surface area contributed by atoms with E-state index >= 15 is 0 Å². The second kappa shape index (κ2) is 4.20. The van der Waals surface area contributed by atoms with Crippen molar-refractivity contribution in [1.82, 2.24) is 0 Å². The molecule has 2 nitrogen and oxygen atoms in total. The monoisotopic (exact) mass is 150 g/mol. The summed E-state index contributed by atoms with van der Waals surface area (Å²) in [5.74, 6) is 0. The molecule has 0 aromatic heterocycles. The summed E-state index contributed by atoms with van der Waals surface area (Å²) in [5, 5.41) is 8.76. The van der Waals surface area contributed by atoms with Crippen LogP contribution in [0.1, 0.15) is 13.8 Å². The molecule has 0 aliphatic carbocycles. The molecule has 9 heavy (non-hydrogen) atoms. The molecule has 0 spiro atoms. The topological polar surface area (TPSA) is 29.5 Å². The van der Waals surface area contributed by atoms with Gasteiger partial charge in [0.2, 0.25) is 7.09 Å². The Morgan fingerprint density at radius 2 is 2.56 bits per heavy atom. The molecular weight excluding hydrogens is 135 g/mol. The third-order valence-corrected chi connectivity index (χ3v) is 1.25. The van der Waals surface area contributed by atoms with E-state index in [4.69, 9.17) is 10.6 Å². The Balaban J connectivity index is 3.28. The number of rotatable bonds is 5. The fourth-order valence-electron chi connectivity index (χ4n) is 0.247. The molecule has 0 unspecified atom stereocenters. The van der Waals surface area contributed by atoms with Gasteiger partial charge in [0, 0.05) is 5.41 Å². The minimum absolute atomic E-state index is 0.117. The third-order valence-electron chi connectivity index (χ3n) is 0.961. The molecule has 0 saturated heterocycles. The number of hydrogen-bond acceptors (Lipinski definition) is 3. The predicted molar refractivity (Wildman–Crippen MR) is 43.0 cm³/mol. The fourth-order valence-corrected chi connectivity index (χ4v) is 0.649. The van der Waals surface area contributed by atoms with E-state index in [0.29, 0.717) is 6.61 Å².